The molecule has 0 aliphatic rings. The number of aryl methyl sites for hydroxylation is 2. The molecular formula is C25H21F2O2P. The van der Waals surface area contributed by atoms with E-state index in [1.54, 1.807) is 48.5 Å². The average molecular weight is 422 g/mol. The number of hydrogen-bond donors (Lipinski definition) is 0. The summed E-state index contributed by atoms with van der Waals surface area (Å²) < 4.78 is 48.2. The molecule has 0 spiro atoms. The Balaban J connectivity index is 1.85. The third-order valence-corrected chi connectivity index (χ3v) is 8.26. The summed E-state index contributed by atoms with van der Waals surface area (Å²) in [7, 11) is -3.38. The molecule has 0 bridgehead atoms. The van der Waals surface area contributed by atoms with Crippen molar-refractivity contribution in [1.29, 1.82) is 0 Å². The average Bonchev–Trinajstić information content (AvgIpc) is 3.16. The van der Waals surface area contributed by atoms with Crippen molar-refractivity contribution >= 4 is 34.3 Å². The van der Waals surface area contributed by atoms with Crippen LogP contribution in [0.2, 0.25) is 0 Å². The minimum Gasteiger partial charge on any atom is -0.456 e. The lowest BCUT2D eigenvalue weighted by atomic mass is 10.2. The van der Waals surface area contributed by atoms with Crippen LogP contribution in [0.15, 0.2) is 89.4 Å². The summed E-state index contributed by atoms with van der Waals surface area (Å²) in [5, 5.41) is 1.82. The Hall–Kier alpha value is -2.97. The van der Waals surface area contributed by atoms with E-state index in [9.17, 15) is 13.3 Å². The number of hydrogen-bond acceptors (Lipinski definition) is 2. The van der Waals surface area contributed by atoms with Crippen LogP contribution in [0.5, 0.6) is 0 Å². The minimum atomic E-state index is -3.38. The lowest BCUT2D eigenvalue weighted by molar-refractivity contribution is 0.421. The van der Waals surface area contributed by atoms with Crippen molar-refractivity contribution in [3.05, 3.63) is 102 Å². The molecule has 0 radical (unpaired) electrons. The molecule has 0 unspecified atom stereocenters. The van der Waals surface area contributed by atoms with E-state index in [1.165, 1.54) is 0 Å². The molecule has 0 fully saturated rings. The molecule has 0 amide bonds. The summed E-state index contributed by atoms with van der Waals surface area (Å²) in [5.74, 6) is 0.0515. The van der Waals surface area contributed by atoms with Crippen molar-refractivity contribution in [3.8, 4) is 0 Å². The zero-order chi connectivity index (χ0) is 21.3. The fourth-order valence-electron chi connectivity index (χ4n) is 3.49. The van der Waals surface area contributed by atoms with E-state index < -0.39 is 13.2 Å². The molecule has 0 atom stereocenters. The number of allylic oxidation sites excluding steroid dienone is 1. The van der Waals surface area contributed by atoms with Crippen LogP contribution in [-0.2, 0) is 4.57 Å². The maximum atomic E-state index is 14.3. The van der Waals surface area contributed by atoms with Gasteiger partial charge in [-0.2, -0.15) is 8.78 Å². The van der Waals surface area contributed by atoms with E-state index in [4.69, 9.17) is 4.42 Å². The highest BCUT2D eigenvalue weighted by atomic mass is 31.2. The van der Waals surface area contributed by atoms with Crippen molar-refractivity contribution in [2.75, 3.05) is 6.16 Å². The summed E-state index contributed by atoms with van der Waals surface area (Å²) in [5.41, 5.74) is 2.22. The zero-order valence-electron chi connectivity index (χ0n) is 16.7. The van der Waals surface area contributed by atoms with Gasteiger partial charge in [0.1, 0.15) is 18.5 Å². The van der Waals surface area contributed by atoms with Crippen molar-refractivity contribution in [3.63, 3.8) is 0 Å². The van der Waals surface area contributed by atoms with Crippen LogP contribution < -0.4 is 10.6 Å². The van der Waals surface area contributed by atoms with Crippen LogP contribution in [0.1, 0.15) is 16.9 Å². The second kappa shape index (κ2) is 8.04. The normalized spacial score (nSPS) is 11.6. The molecule has 1 aromatic heterocycles. The van der Waals surface area contributed by atoms with Gasteiger partial charge < -0.3 is 8.98 Å². The van der Waals surface area contributed by atoms with Crippen molar-refractivity contribution in [2.45, 2.75) is 13.8 Å². The smallest absolute Gasteiger partial charge is 0.277 e. The van der Waals surface area contributed by atoms with E-state index >= 15 is 0 Å². The fourth-order valence-corrected chi connectivity index (χ4v) is 6.13. The highest BCUT2D eigenvalue weighted by molar-refractivity contribution is 7.79. The van der Waals surface area contributed by atoms with Gasteiger partial charge in [0, 0.05) is 22.2 Å². The van der Waals surface area contributed by atoms with Crippen molar-refractivity contribution in [2.24, 2.45) is 0 Å². The molecule has 0 aliphatic heterocycles. The Bertz CT molecular complexity index is 1180. The van der Waals surface area contributed by atoms with Gasteiger partial charge in [0.15, 0.2) is 0 Å². The fraction of sp³-hybridized carbons (Fsp3) is 0.120. The highest BCUT2D eigenvalue weighted by Gasteiger charge is 2.32. The second-order valence-electron chi connectivity index (χ2n) is 7.46. The van der Waals surface area contributed by atoms with Gasteiger partial charge in [-0.1, -0.05) is 77.9 Å². The largest absolute Gasteiger partial charge is 0.456 e. The van der Waals surface area contributed by atoms with Gasteiger partial charge in [-0.05, 0) is 26.0 Å². The van der Waals surface area contributed by atoms with Crippen LogP contribution in [-0.4, -0.2) is 6.16 Å². The van der Waals surface area contributed by atoms with Crippen molar-refractivity contribution < 1.29 is 17.8 Å². The molecular weight excluding hydrogens is 401 g/mol. The number of fused-ring (bicyclic) bond motifs is 1. The van der Waals surface area contributed by atoms with Gasteiger partial charge in [0.05, 0.1) is 5.57 Å². The molecule has 2 nitrogen and oxygen atoms in total. The molecule has 3 aromatic carbocycles. The molecule has 0 saturated carbocycles. The Labute approximate surface area is 174 Å². The summed E-state index contributed by atoms with van der Waals surface area (Å²) in [6.45, 7) is 3.86. The van der Waals surface area contributed by atoms with Crippen LogP contribution in [0, 0.1) is 13.8 Å². The number of furan rings is 1. The second-order valence-corrected chi connectivity index (χ2v) is 10.3. The van der Waals surface area contributed by atoms with Crippen LogP contribution in [0.4, 0.5) is 8.78 Å². The number of para-hydroxylation sites is 1. The first kappa shape index (κ1) is 20.3. The molecule has 4 rings (SSSR count). The topological polar surface area (TPSA) is 30.2 Å². The standard InChI is InChI=1S/C25H21F2O2P/c1-17-7-11-20(12-8-17)30(28,21-13-9-18(2)10-14-21)16-22(25(26)27)24-15-19-5-3-4-6-23(19)29-24/h3-15H,16H2,1-2H3. The SMILES string of the molecule is Cc1ccc(P(=O)(CC(=C(F)F)c2cc3ccccc3o2)c2ccc(C)cc2)cc1. The summed E-state index contributed by atoms with van der Waals surface area (Å²) in [4.78, 5) is 0. The Kier molecular flexibility index (Phi) is 5.44. The van der Waals surface area contributed by atoms with E-state index in [0.717, 1.165) is 16.5 Å². The van der Waals surface area contributed by atoms with Gasteiger partial charge in [-0.25, -0.2) is 0 Å². The summed E-state index contributed by atoms with van der Waals surface area (Å²) in [6.07, 6.45) is -2.20. The van der Waals surface area contributed by atoms with Crippen LogP contribution in [0.25, 0.3) is 16.5 Å². The van der Waals surface area contributed by atoms with E-state index in [1.807, 2.05) is 44.2 Å². The lowest BCUT2D eigenvalue weighted by Gasteiger charge is -2.20. The van der Waals surface area contributed by atoms with E-state index in [2.05, 4.69) is 0 Å². The number of halogens is 2. The van der Waals surface area contributed by atoms with Crippen LogP contribution in [0.3, 0.4) is 0 Å². The van der Waals surface area contributed by atoms with Gasteiger partial charge >= 0.3 is 0 Å². The monoisotopic (exact) mass is 422 g/mol. The summed E-state index contributed by atoms with van der Waals surface area (Å²) in [6, 6.07) is 23.2. The quantitative estimate of drug-likeness (QED) is 0.336. The van der Waals surface area contributed by atoms with Gasteiger partial charge in [0.25, 0.3) is 6.08 Å². The molecule has 152 valence electrons. The number of benzene rings is 3. The Morgan fingerprint density at radius 3 is 1.87 bits per heavy atom. The molecule has 0 saturated heterocycles. The summed E-state index contributed by atoms with van der Waals surface area (Å²) >= 11 is 0. The van der Waals surface area contributed by atoms with E-state index in [-0.39, 0.29) is 17.5 Å². The first-order chi connectivity index (χ1) is 14.4. The lowest BCUT2D eigenvalue weighted by Crippen LogP contribution is -2.19. The number of rotatable bonds is 5. The highest BCUT2D eigenvalue weighted by Crippen LogP contribution is 2.48. The maximum absolute atomic E-state index is 14.3. The van der Waals surface area contributed by atoms with Gasteiger partial charge in [0.2, 0.25) is 0 Å². The Morgan fingerprint density at radius 2 is 1.37 bits per heavy atom. The molecule has 4 aromatic rings. The van der Waals surface area contributed by atoms with Crippen LogP contribution >= 0.6 is 7.14 Å². The molecule has 1 heterocycles. The van der Waals surface area contributed by atoms with Crippen molar-refractivity contribution in [1.82, 2.24) is 0 Å². The third kappa shape index (κ3) is 3.88. The Morgan fingerprint density at radius 1 is 0.833 bits per heavy atom. The molecule has 0 N–H and O–H groups in total. The predicted octanol–water partition coefficient (Wildman–Crippen LogP) is 6.67. The zero-order valence-corrected chi connectivity index (χ0v) is 17.6. The van der Waals surface area contributed by atoms with Gasteiger partial charge in [-0.3, -0.25) is 0 Å². The minimum absolute atomic E-state index is 0.0515. The molecule has 30 heavy (non-hydrogen) atoms. The predicted molar refractivity (Wildman–Crippen MR) is 119 cm³/mol. The van der Waals surface area contributed by atoms with Gasteiger partial charge in [-0.15, -0.1) is 0 Å². The molecule has 5 heteroatoms. The third-order valence-electron chi connectivity index (χ3n) is 5.23. The van der Waals surface area contributed by atoms with E-state index in [0.29, 0.717) is 16.2 Å². The molecule has 0 aliphatic carbocycles. The maximum Gasteiger partial charge on any atom is 0.277 e. The first-order valence-electron chi connectivity index (χ1n) is 9.63. The first-order valence-corrected chi connectivity index (χ1v) is 11.5.